The SMILES string of the molecule is C1=CC2=C(CC1)N=C(c1ccc(-c3ccc(N(c4ccccc4)c4ccc5sc6ccccc6c5c4)cc3)c3oc4ccccc4c13)NC2c1ccccc1. The molecule has 55 heavy (non-hydrogen) atoms. The van der Waals surface area contributed by atoms with E-state index in [1.807, 2.05) is 17.4 Å². The normalized spacial score (nSPS) is 15.4. The van der Waals surface area contributed by atoms with Gasteiger partial charge in [-0.15, -0.1) is 11.3 Å². The molecule has 1 atom stereocenters. The van der Waals surface area contributed by atoms with Crippen molar-refractivity contribution >= 4 is 76.3 Å². The Morgan fingerprint density at radius 2 is 1.31 bits per heavy atom. The Morgan fingerprint density at radius 1 is 0.618 bits per heavy atom. The molecule has 2 aromatic heterocycles. The Balaban J connectivity index is 1.03. The van der Waals surface area contributed by atoms with Crippen molar-refractivity contribution in [2.45, 2.75) is 18.9 Å². The molecule has 1 unspecified atom stereocenters. The number of rotatable bonds is 6. The van der Waals surface area contributed by atoms with Crippen LogP contribution >= 0.6 is 11.3 Å². The maximum atomic E-state index is 6.76. The van der Waals surface area contributed by atoms with E-state index in [0.29, 0.717) is 0 Å². The van der Waals surface area contributed by atoms with Gasteiger partial charge < -0.3 is 14.6 Å². The van der Waals surface area contributed by atoms with Crippen LogP contribution in [0.5, 0.6) is 0 Å². The number of furan rings is 1. The molecule has 4 nitrogen and oxygen atoms in total. The van der Waals surface area contributed by atoms with Crippen LogP contribution in [0, 0.1) is 0 Å². The van der Waals surface area contributed by atoms with Crippen molar-refractivity contribution in [3.63, 3.8) is 0 Å². The standard InChI is InChI=1S/C50H35N3OS/c1-3-13-33(14-4-1)48-39-18-7-10-20-43(39)51-50(52-48)41-29-28-37(49-47(41)40-19-8-11-21-44(40)54-49)32-23-25-35(26-24-32)53(34-15-5-2-6-16-34)36-27-30-46-42(31-36)38-17-9-12-22-45(38)55-46/h1-9,11-19,21-31,48H,10,20H2,(H,51,52). The largest absolute Gasteiger partial charge is 0.455 e. The lowest BCUT2D eigenvalue weighted by Gasteiger charge is -2.30. The van der Waals surface area contributed by atoms with Crippen LogP contribution in [0.15, 0.2) is 197 Å². The van der Waals surface area contributed by atoms with Gasteiger partial charge in [0.15, 0.2) is 0 Å². The summed E-state index contributed by atoms with van der Waals surface area (Å²) in [5.74, 6) is 0.884. The van der Waals surface area contributed by atoms with Crippen molar-refractivity contribution in [3.05, 3.63) is 198 Å². The highest BCUT2D eigenvalue weighted by atomic mass is 32.1. The second-order valence-corrected chi connectivity index (χ2v) is 15.3. The zero-order valence-corrected chi connectivity index (χ0v) is 30.8. The summed E-state index contributed by atoms with van der Waals surface area (Å²) in [7, 11) is 0. The zero-order valence-electron chi connectivity index (χ0n) is 29.9. The Hall–Kier alpha value is -6.69. The molecule has 262 valence electrons. The number of aliphatic imine (C=N–C) groups is 1. The fourth-order valence-corrected chi connectivity index (χ4v) is 9.49. The van der Waals surface area contributed by atoms with Gasteiger partial charge in [-0.3, -0.25) is 0 Å². The first-order chi connectivity index (χ1) is 27.3. The molecule has 5 heteroatoms. The first-order valence-electron chi connectivity index (χ1n) is 18.9. The minimum atomic E-state index is 0.0208. The van der Waals surface area contributed by atoms with Gasteiger partial charge >= 0.3 is 0 Å². The summed E-state index contributed by atoms with van der Waals surface area (Å²) < 4.78 is 9.36. The number of hydrogen-bond donors (Lipinski definition) is 1. The van der Waals surface area contributed by atoms with E-state index >= 15 is 0 Å². The summed E-state index contributed by atoms with van der Waals surface area (Å²) in [6.07, 6.45) is 6.44. The number of nitrogens with one attached hydrogen (secondary N) is 1. The molecule has 1 aliphatic heterocycles. The summed E-state index contributed by atoms with van der Waals surface area (Å²) in [5, 5.41) is 8.59. The maximum absolute atomic E-state index is 6.76. The van der Waals surface area contributed by atoms with E-state index in [1.54, 1.807) is 0 Å². The van der Waals surface area contributed by atoms with Crippen LogP contribution < -0.4 is 10.2 Å². The van der Waals surface area contributed by atoms with Gasteiger partial charge in [-0.05, 0) is 90.7 Å². The van der Waals surface area contributed by atoms with Crippen molar-refractivity contribution in [1.82, 2.24) is 5.32 Å². The highest BCUT2D eigenvalue weighted by molar-refractivity contribution is 7.25. The van der Waals surface area contributed by atoms with Crippen molar-refractivity contribution in [2.75, 3.05) is 4.90 Å². The summed E-state index contributed by atoms with van der Waals surface area (Å²) in [4.78, 5) is 7.64. The molecule has 9 aromatic rings. The number of allylic oxidation sites excluding steroid dienone is 2. The van der Waals surface area contributed by atoms with E-state index in [-0.39, 0.29) is 6.04 Å². The van der Waals surface area contributed by atoms with Gasteiger partial charge in [-0.1, -0.05) is 109 Å². The van der Waals surface area contributed by atoms with Crippen LogP contribution in [0.25, 0.3) is 53.2 Å². The second-order valence-electron chi connectivity index (χ2n) is 14.3. The molecule has 0 fully saturated rings. The first kappa shape index (κ1) is 31.8. The van der Waals surface area contributed by atoms with E-state index in [0.717, 1.165) is 80.1 Å². The smallest absolute Gasteiger partial charge is 0.143 e. The fraction of sp³-hybridized carbons (Fsp3) is 0.0600. The number of benzene rings is 7. The van der Waals surface area contributed by atoms with E-state index in [9.17, 15) is 0 Å². The predicted octanol–water partition coefficient (Wildman–Crippen LogP) is 13.8. The van der Waals surface area contributed by atoms with E-state index < -0.39 is 0 Å². The Bertz CT molecular complexity index is 3010. The average Bonchev–Trinajstić information content (AvgIpc) is 3.83. The molecule has 11 rings (SSSR count). The molecule has 2 aliphatic rings. The third-order valence-corrected chi connectivity index (χ3v) is 12.2. The van der Waals surface area contributed by atoms with Crippen LogP contribution in [0.1, 0.15) is 30.0 Å². The van der Waals surface area contributed by atoms with Crippen molar-refractivity contribution in [1.29, 1.82) is 0 Å². The Kier molecular flexibility index (Phi) is 7.52. The van der Waals surface area contributed by atoms with E-state index in [2.05, 4.69) is 180 Å². The number of nitrogens with zero attached hydrogens (tertiary/aromatic N) is 2. The topological polar surface area (TPSA) is 40.8 Å². The van der Waals surface area contributed by atoms with Gasteiger partial charge in [0.2, 0.25) is 0 Å². The minimum absolute atomic E-state index is 0.0208. The summed E-state index contributed by atoms with van der Waals surface area (Å²) in [6.45, 7) is 0. The van der Waals surface area contributed by atoms with Gasteiger partial charge in [-0.2, -0.15) is 0 Å². The number of para-hydroxylation sites is 2. The lowest BCUT2D eigenvalue weighted by atomic mass is 9.89. The molecule has 7 aromatic carbocycles. The first-order valence-corrected chi connectivity index (χ1v) is 19.7. The van der Waals surface area contributed by atoms with Crippen molar-refractivity contribution < 1.29 is 4.42 Å². The van der Waals surface area contributed by atoms with Gasteiger partial charge in [0.25, 0.3) is 0 Å². The fourth-order valence-electron chi connectivity index (χ4n) is 8.40. The molecule has 0 saturated heterocycles. The minimum Gasteiger partial charge on any atom is -0.455 e. The highest BCUT2D eigenvalue weighted by Gasteiger charge is 2.28. The van der Waals surface area contributed by atoms with Gasteiger partial charge in [0.1, 0.15) is 17.0 Å². The summed E-state index contributed by atoms with van der Waals surface area (Å²) in [6, 6.07) is 58.5. The Labute approximate surface area is 323 Å². The molecule has 0 bridgehead atoms. The quantitative estimate of drug-likeness (QED) is 0.186. The average molecular weight is 726 g/mol. The van der Waals surface area contributed by atoms with Gasteiger partial charge in [0, 0.05) is 70.4 Å². The lowest BCUT2D eigenvalue weighted by Crippen LogP contribution is -2.34. The molecule has 0 amide bonds. The van der Waals surface area contributed by atoms with Crippen molar-refractivity contribution in [2.24, 2.45) is 4.99 Å². The van der Waals surface area contributed by atoms with Gasteiger partial charge in [0.05, 0.1) is 6.04 Å². The zero-order chi connectivity index (χ0) is 36.3. The highest BCUT2D eigenvalue weighted by Crippen LogP contribution is 2.43. The number of amidine groups is 1. The van der Waals surface area contributed by atoms with Crippen LogP contribution in [0.3, 0.4) is 0 Å². The van der Waals surface area contributed by atoms with Crippen LogP contribution in [0.2, 0.25) is 0 Å². The Morgan fingerprint density at radius 3 is 2.16 bits per heavy atom. The molecule has 3 heterocycles. The lowest BCUT2D eigenvalue weighted by molar-refractivity contribution is 0.670. The third kappa shape index (κ3) is 5.38. The monoisotopic (exact) mass is 725 g/mol. The molecule has 0 spiro atoms. The van der Waals surface area contributed by atoms with Crippen LogP contribution in [-0.2, 0) is 0 Å². The van der Waals surface area contributed by atoms with Crippen LogP contribution in [-0.4, -0.2) is 5.84 Å². The van der Waals surface area contributed by atoms with Gasteiger partial charge in [-0.25, -0.2) is 4.99 Å². The van der Waals surface area contributed by atoms with Crippen molar-refractivity contribution in [3.8, 4) is 11.1 Å². The third-order valence-electron chi connectivity index (χ3n) is 11.0. The van der Waals surface area contributed by atoms with E-state index in [1.165, 1.54) is 31.3 Å². The number of hydrogen-bond acceptors (Lipinski definition) is 5. The molecular weight excluding hydrogens is 691 g/mol. The molecule has 0 saturated carbocycles. The second kappa shape index (κ2) is 13.0. The maximum Gasteiger partial charge on any atom is 0.143 e. The molecular formula is C50H35N3OS. The number of anilines is 3. The molecule has 1 aliphatic carbocycles. The van der Waals surface area contributed by atoms with Crippen LogP contribution in [0.4, 0.5) is 17.1 Å². The van der Waals surface area contributed by atoms with E-state index in [4.69, 9.17) is 9.41 Å². The molecule has 1 N–H and O–H groups in total. The number of fused-ring (bicyclic) bond motifs is 6. The predicted molar refractivity (Wildman–Crippen MR) is 231 cm³/mol. The summed E-state index contributed by atoms with van der Waals surface area (Å²) >= 11 is 1.85. The number of thiophene rings is 1. The summed E-state index contributed by atoms with van der Waals surface area (Å²) in [5.41, 5.74) is 11.9. The molecule has 0 radical (unpaired) electrons.